The van der Waals surface area contributed by atoms with Gasteiger partial charge in [0.25, 0.3) is 11.8 Å². The van der Waals surface area contributed by atoms with Gasteiger partial charge < -0.3 is 16.0 Å². The number of rotatable bonds is 7. The van der Waals surface area contributed by atoms with Crippen molar-refractivity contribution in [3.63, 3.8) is 0 Å². The third-order valence-electron chi connectivity index (χ3n) is 5.00. The van der Waals surface area contributed by atoms with E-state index in [-0.39, 0.29) is 11.5 Å². The molecule has 0 aliphatic rings. The van der Waals surface area contributed by atoms with Crippen LogP contribution in [0.5, 0.6) is 0 Å². The largest absolute Gasteiger partial charge is 0.405 e. The van der Waals surface area contributed by atoms with Gasteiger partial charge in [0, 0.05) is 35.1 Å². The highest BCUT2D eigenvalue weighted by Crippen LogP contribution is 2.22. The highest BCUT2D eigenvalue weighted by molar-refractivity contribution is 5.95. The zero-order valence-corrected chi connectivity index (χ0v) is 18.6. The van der Waals surface area contributed by atoms with Crippen LogP contribution in [0.3, 0.4) is 0 Å². The van der Waals surface area contributed by atoms with Gasteiger partial charge in [-0.3, -0.25) is 9.59 Å². The monoisotopic (exact) mass is 482 g/mol. The van der Waals surface area contributed by atoms with E-state index in [2.05, 4.69) is 20.7 Å². The summed E-state index contributed by atoms with van der Waals surface area (Å²) in [6, 6.07) is 16.7. The first-order chi connectivity index (χ1) is 16.7. The average Bonchev–Trinajstić information content (AvgIpc) is 3.24. The van der Waals surface area contributed by atoms with Gasteiger partial charge in [-0.15, -0.1) is 5.10 Å². The molecule has 0 spiro atoms. The van der Waals surface area contributed by atoms with Gasteiger partial charge in [0.05, 0.1) is 0 Å². The summed E-state index contributed by atoms with van der Waals surface area (Å²) in [6.07, 6.45) is -2.71. The second-order valence-corrected chi connectivity index (χ2v) is 7.59. The maximum atomic E-state index is 12.3. The number of carbonyl (C=O) groups excluding carboxylic acids is 2. The van der Waals surface area contributed by atoms with Gasteiger partial charge in [0.15, 0.2) is 5.65 Å². The van der Waals surface area contributed by atoms with Gasteiger partial charge in [0.1, 0.15) is 6.54 Å². The molecule has 11 heteroatoms. The molecule has 0 fully saturated rings. The maximum Gasteiger partial charge on any atom is 0.405 e. The van der Waals surface area contributed by atoms with Crippen LogP contribution in [0.1, 0.15) is 27.6 Å². The van der Waals surface area contributed by atoms with Crippen molar-refractivity contribution >= 4 is 29.1 Å². The number of hydrogen-bond donors (Lipinski definition) is 3. The summed E-state index contributed by atoms with van der Waals surface area (Å²) in [7, 11) is 0. The van der Waals surface area contributed by atoms with Crippen LogP contribution in [0.2, 0.25) is 0 Å². The zero-order valence-electron chi connectivity index (χ0n) is 18.6. The van der Waals surface area contributed by atoms with Gasteiger partial charge in [-0.2, -0.15) is 18.2 Å². The van der Waals surface area contributed by atoms with Crippen LogP contribution < -0.4 is 16.0 Å². The van der Waals surface area contributed by atoms with Crippen LogP contribution in [0, 0.1) is 0 Å². The predicted molar refractivity (Wildman–Crippen MR) is 125 cm³/mol. The lowest BCUT2D eigenvalue weighted by Gasteiger charge is -2.09. The van der Waals surface area contributed by atoms with Crippen molar-refractivity contribution in [2.24, 2.45) is 0 Å². The maximum absolute atomic E-state index is 12.3. The number of halogens is 3. The van der Waals surface area contributed by atoms with E-state index >= 15 is 0 Å². The molecule has 0 aliphatic carbocycles. The number of fused-ring (bicyclic) bond motifs is 1. The first-order valence-electron chi connectivity index (χ1n) is 10.7. The number of carbonyl (C=O) groups is 2. The number of alkyl halides is 3. The molecule has 2 aromatic heterocycles. The predicted octanol–water partition coefficient (Wildman–Crippen LogP) is 4.18. The fourth-order valence-corrected chi connectivity index (χ4v) is 3.30. The molecule has 2 amide bonds. The summed E-state index contributed by atoms with van der Waals surface area (Å²) < 4.78 is 38.5. The third-order valence-corrected chi connectivity index (χ3v) is 5.00. The van der Waals surface area contributed by atoms with Gasteiger partial charge in [-0.05, 0) is 61.0 Å². The highest BCUT2D eigenvalue weighted by Gasteiger charge is 2.27. The van der Waals surface area contributed by atoms with Crippen molar-refractivity contribution in [2.45, 2.75) is 13.1 Å². The van der Waals surface area contributed by atoms with E-state index in [1.807, 2.05) is 18.3 Å². The standard InChI is InChI=1S/C24H21F3N6O2/c1-2-28-21(34)17-7-10-19(11-8-17)30-23-31-20-12-9-18(13-33(20)32-23)15-3-5-16(6-4-15)22(35)29-14-24(25,26)27/h3-13H,2,14H2,1H3,(H,28,34)(H,29,35)(H,30,32). The molecule has 0 bridgehead atoms. The number of aromatic nitrogens is 3. The lowest BCUT2D eigenvalue weighted by atomic mass is 10.1. The Bertz CT molecular complexity index is 1350. The minimum absolute atomic E-state index is 0.129. The van der Waals surface area contributed by atoms with Crippen LogP contribution in [-0.2, 0) is 0 Å². The third kappa shape index (κ3) is 5.94. The molecular weight excluding hydrogens is 461 g/mol. The van der Waals surface area contributed by atoms with Crippen LogP contribution >= 0.6 is 0 Å². The molecule has 4 rings (SSSR count). The van der Waals surface area contributed by atoms with Crippen molar-refractivity contribution in [1.82, 2.24) is 25.2 Å². The van der Waals surface area contributed by atoms with E-state index in [9.17, 15) is 22.8 Å². The van der Waals surface area contributed by atoms with Crippen molar-refractivity contribution in [3.05, 3.63) is 78.0 Å². The molecular formula is C24H21F3N6O2. The van der Waals surface area contributed by atoms with E-state index in [1.165, 1.54) is 12.1 Å². The summed E-state index contributed by atoms with van der Waals surface area (Å²) in [5, 5.41) is 12.1. The SMILES string of the molecule is CCNC(=O)c1ccc(Nc2nc3ccc(-c4ccc(C(=O)NCC(F)(F)F)cc4)cn3n2)cc1. The van der Waals surface area contributed by atoms with Crippen molar-refractivity contribution in [3.8, 4) is 11.1 Å². The Morgan fingerprint density at radius 3 is 2.09 bits per heavy atom. The van der Waals surface area contributed by atoms with E-state index in [0.29, 0.717) is 29.4 Å². The van der Waals surface area contributed by atoms with Crippen LogP contribution in [0.25, 0.3) is 16.8 Å². The highest BCUT2D eigenvalue weighted by atomic mass is 19.4. The molecule has 180 valence electrons. The topological polar surface area (TPSA) is 100 Å². The number of benzene rings is 2. The minimum atomic E-state index is -4.47. The molecule has 3 N–H and O–H groups in total. The van der Waals surface area contributed by atoms with Gasteiger partial charge >= 0.3 is 6.18 Å². The minimum Gasteiger partial charge on any atom is -0.352 e. The molecule has 0 aliphatic heterocycles. The van der Waals surface area contributed by atoms with Gasteiger partial charge in [-0.1, -0.05) is 12.1 Å². The molecule has 0 unspecified atom stereocenters. The fraction of sp³-hybridized carbons (Fsp3) is 0.167. The molecule has 0 atom stereocenters. The number of hydrogen-bond acceptors (Lipinski definition) is 5. The second kappa shape index (κ2) is 9.84. The average molecular weight is 482 g/mol. The summed E-state index contributed by atoms with van der Waals surface area (Å²) in [5.74, 6) is -0.577. The molecule has 35 heavy (non-hydrogen) atoms. The summed E-state index contributed by atoms with van der Waals surface area (Å²) >= 11 is 0. The zero-order chi connectivity index (χ0) is 25.0. The number of nitrogens with one attached hydrogen (secondary N) is 3. The molecule has 8 nitrogen and oxygen atoms in total. The number of pyridine rings is 1. The normalized spacial score (nSPS) is 11.3. The van der Waals surface area contributed by atoms with E-state index < -0.39 is 18.6 Å². The Labute approximate surface area is 198 Å². The Kier molecular flexibility index (Phi) is 6.67. The fourth-order valence-electron chi connectivity index (χ4n) is 3.30. The molecule has 4 aromatic rings. The molecule has 0 saturated heterocycles. The Hall–Kier alpha value is -4.41. The smallest absolute Gasteiger partial charge is 0.352 e. The lowest BCUT2D eigenvalue weighted by Crippen LogP contribution is -2.33. The van der Waals surface area contributed by atoms with Gasteiger partial charge in [0.2, 0.25) is 5.95 Å². The Morgan fingerprint density at radius 2 is 1.46 bits per heavy atom. The van der Waals surface area contributed by atoms with Crippen molar-refractivity contribution in [1.29, 1.82) is 0 Å². The van der Waals surface area contributed by atoms with Crippen molar-refractivity contribution in [2.75, 3.05) is 18.4 Å². The van der Waals surface area contributed by atoms with E-state index in [0.717, 1.165) is 11.1 Å². The first kappa shape index (κ1) is 23.7. The molecule has 0 radical (unpaired) electrons. The Morgan fingerprint density at radius 1 is 0.857 bits per heavy atom. The van der Waals surface area contributed by atoms with Crippen LogP contribution in [0.4, 0.5) is 24.8 Å². The summed E-state index contributed by atoms with van der Waals surface area (Å²) in [5.41, 5.74) is 3.53. The van der Waals surface area contributed by atoms with E-state index in [1.54, 1.807) is 53.2 Å². The summed E-state index contributed by atoms with van der Waals surface area (Å²) in [4.78, 5) is 28.2. The second-order valence-electron chi connectivity index (χ2n) is 7.59. The Balaban J connectivity index is 1.46. The molecule has 0 saturated carbocycles. The van der Waals surface area contributed by atoms with Crippen molar-refractivity contribution < 1.29 is 22.8 Å². The van der Waals surface area contributed by atoms with E-state index in [4.69, 9.17) is 0 Å². The molecule has 2 aromatic carbocycles. The van der Waals surface area contributed by atoms with Crippen LogP contribution in [-0.4, -0.2) is 45.7 Å². The number of amides is 2. The number of anilines is 2. The lowest BCUT2D eigenvalue weighted by molar-refractivity contribution is -0.123. The van der Waals surface area contributed by atoms with Gasteiger partial charge in [-0.25, -0.2) is 4.52 Å². The molecule has 2 heterocycles. The quantitative estimate of drug-likeness (QED) is 0.367. The summed E-state index contributed by atoms with van der Waals surface area (Å²) in [6.45, 7) is 1.02. The number of nitrogens with zero attached hydrogens (tertiary/aromatic N) is 3. The van der Waals surface area contributed by atoms with Crippen LogP contribution in [0.15, 0.2) is 66.9 Å². The first-order valence-corrected chi connectivity index (χ1v) is 10.7.